The number of nitrogen functional groups attached to an aromatic ring is 1. The average molecular weight is 289 g/mol. The Morgan fingerprint density at radius 2 is 2.00 bits per heavy atom. The highest BCUT2D eigenvalue weighted by molar-refractivity contribution is 7.91. The molecule has 0 atom stereocenters. The zero-order valence-electron chi connectivity index (χ0n) is 10.6. The minimum absolute atomic E-state index is 0.135. The molecular weight excluding hydrogens is 270 g/mol. The Morgan fingerprint density at radius 1 is 1.33 bits per heavy atom. The van der Waals surface area contributed by atoms with Crippen molar-refractivity contribution in [3.63, 3.8) is 0 Å². The summed E-state index contributed by atoms with van der Waals surface area (Å²) in [7, 11) is -3.30. The molecule has 0 spiro atoms. The van der Waals surface area contributed by atoms with Gasteiger partial charge in [-0.15, -0.1) is 0 Å². The molecule has 1 aliphatic heterocycles. The van der Waals surface area contributed by atoms with Crippen LogP contribution in [0.25, 0.3) is 0 Å². The van der Waals surface area contributed by atoms with E-state index < -0.39 is 9.84 Å². The number of hydrogen-bond acceptors (Lipinski definition) is 6. The van der Waals surface area contributed by atoms with Crippen molar-refractivity contribution in [2.24, 2.45) is 0 Å². The number of rotatable bonds is 4. The Hall–Kier alpha value is -0.820. The van der Waals surface area contributed by atoms with Gasteiger partial charge in [0.25, 0.3) is 0 Å². The fraction of sp³-hybridized carbons (Fsp3) is 0.727. The Kier molecular flexibility index (Phi) is 4.11. The molecule has 0 bridgehead atoms. The summed E-state index contributed by atoms with van der Waals surface area (Å²) in [5.74, 6) is 0.297. The second-order valence-corrected chi connectivity index (χ2v) is 7.37. The van der Waals surface area contributed by atoms with E-state index in [-0.39, 0.29) is 16.5 Å². The van der Waals surface area contributed by atoms with Crippen molar-refractivity contribution >= 4 is 32.2 Å². The minimum atomic E-state index is -3.30. The van der Waals surface area contributed by atoms with Crippen LogP contribution in [0.15, 0.2) is 4.90 Å². The SMILES string of the molecule is CCCS(=O)(=O)c1c(N)nsc1N1CCCCC1. The van der Waals surface area contributed by atoms with Crippen molar-refractivity contribution in [1.29, 1.82) is 0 Å². The smallest absolute Gasteiger partial charge is 0.185 e. The first-order valence-corrected chi connectivity index (χ1v) is 8.71. The maximum absolute atomic E-state index is 12.2. The fourth-order valence-corrected chi connectivity index (χ4v) is 5.06. The van der Waals surface area contributed by atoms with Gasteiger partial charge >= 0.3 is 0 Å². The van der Waals surface area contributed by atoms with Crippen LogP contribution in [0.4, 0.5) is 10.8 Å². The van der Waals surface area contributed by atoms with Crippen molar-refractivity contribution in [1.82, 2.24) is 4.37 Å². The summed E-state index contributed by atoms with van der Waals surface area (Å²) in [5, 5.41) is 0.737. The van der Waals surface area contributed by atoms with E-state index >= 15 is 0 Å². The van der Waals surface area contributed by atoms with Crippen molar-refractivity contribution in [2.75, 3.05) is 29.5 Å². The Labute approximate surface area is 112 Å². The number of piperidine rings is 1. The van der Waals surface area contributed by atoms with Crippen LogP contribution in [0, 0.1) is 0 Å². The van der Waals surface area contributed by atoms with E-state index in [1.165, 1.54) is 18.0 Å². The highest BCUT2D eigenvalue weighted by Gasteiger charge is 2.28. The third-order valence-electron chi connectivity index (χ3n) is 3.08. The van der Waals surface area contributed by atoms with Gasteiger partial charge < -0.3 is 10.6 Å². The quantitative estimate of drug-likeness (QED) is 0.916. The summed E-state index contributed by atoms with van der Waals surface area (Å²) in [6.45, 7) is 3.65. The molecule has 1 saturated heterocycles. The molecule has 18 heavy (non-hydrogen) atoms. The summed E-state index contributed by atoms with van der Waals surface area (Å²) in [6, 6.07) is 0. The summed E-state index contributed by atoms with van der Waals surface area (Å²) in [4.78, 5) is 2.37. The number of hydrogen-bond donors (Lipinski definition) is 1. The lowest BCUT2D eigenvalue weighted by molar-refractivity contribution is 0.574. The molecule has 1 aliphatic rings. The van der Waals surface area contributed by atoms with Gasteiger partial charge in [-0.25, -0.2) is 8.42 Å². The van der Waals surface area contributed by atoms with Gasteiger partial charge in [0, 0.05) is 13.1 Å². The molecule has 0 unspecified atom stereocenters. The second kappa shape index (κ2) is 5.44. The van der Waals surface area contributed by atoms with Crippen LogP contribution in [0.3, 0.4) is 0 Å². The van der Waals surface area contributed by atoms with Crippen LogP contribution in [-0.4, -0.2) is 31.6 Å². The highest BCUT2D eigenvalue weighted by Crippen LogP contribution is 2.36. The van der Waals surface area contributed by atoms with Crippen LogP contribution in [0.2, 0.25) is 0 Å². The first-order valence-electron chi connectivity index (χ1n) is 6.29. The number of anilines is 2. The molecule has 0 aliphatic carbocycles. The normalized spacial score (nSPS) is 17.1. The van der Waals surface area contributed by atoms with Crippen LogP contribution >= 0.6 is 11.5 Å². The largest absolute Gasteiger partial charge is 0.382 e. The van der Waals surface area contributed by atoms with Gasteiger partial charge in [-0.1, -0.05) is 6.92 Å². The zero-order chi connectivity index (χ0) is 13.2. The van der Waals surface area contributed by atoms with E-state index in [9.17, 15) is 8.42 Å². The second-order valence-electron chi connectivity index (χ2n) is 4.57. The molecule has 0 amide bonds. The number of nitrogens with two attached hydrogens (primary N) is 1. The molecule has 1 aromatic heterocycles. The molecule has 5 nitrogen and oxygen atoms in total. The molecular formula is C11H19N3O2S2. The van der Waals surface area contributed by atoms with Gasteiger partial charge in [0.15, 0.2) is 15.7 Å². The van der Waals surface area contributed by atoms with E-state index in [0.717, 1.165) is 30.9 Å². The van der Waals surface area contributed by atoms with E-state index in [4.69, 9.17) is 5.73 Å². The maximum Gasteiger partial charge on any atom is 0.185 e. The average Bonchev–Trinajstić information content (AvgIpc) is 2.73. The van der Waals surface area contributed by atoms with E-state index in [1.54, 1.807) is 0 Å². The lowest BCUT2D eigenvalue weighted by atomic mass is 10.1. The van der Waals surface area contributed by atoms with Crippen molar-refractivity contribution < 1.29 is 8.42 Å². The van der Waals surface area contributed by atoms with E-state index in [0.29, 0.717) is 6.42 Å². The molecule has 1 fully saturated rings. The predicted molar refractivity (Wildman–Crippen MR) is 74.9 cm³/mol. The highest BCUT2D eigenvalue weighted by atomic mass is 32.2. The molecule has 2 rings (SSSR count). The summed E-state index contributed by atoms with van der Waals surface area (Å²) < 4.78 is 28.5. The lowest BCUT2D eigenvalue weighted by Gasteiger charge is -2.27. The first-order chi connectivity index (χ1) is 8.56. The zero-order valence-corrected chi connectivity index (χ0v) is 12.2. The van der Waals surface area contributed by atoms with Gasteiger partial charge in [-0.2, -0.15) is 4.37 Å². The number of nitrogens with zero attached hydrogens (tertiary/aromatic N) is 2. The standard InChI is InChI=1S/C11H19N3O2S2/c1-2-8-18(15,16)9-10(12)13-17-11(9)14-6-4-3-5-7-14/h2-8H2,1H3,(H2,12,13). The third-order valence-corrected chi connectivity index (χ3v) is 6.11. The van der Waals surface area contributed by atoms with Crippen LogP contribution < -0.4 is 10.6 Å². The topological polar surface area (TPSA) is 76.3 Å². The molecule has 2 N–H and O–H groups in total. The Morgan fingerprint density at radius 3 is 2.61 bits per heavy atom. The molecule has 1 aromatic rings. The predicted octanol–water partition coefficient (Wildman–Crippen LogP) is 1.90. The van der Waals surface area contributed by atoms with E-state index in [1.807, 2.05) is 6.92 Å². The van der Waals surface area contributed by atoms with Gasteiger partial charge in [0.1, 0.15) is 9.90 Å². The van der Waals surface area contributed by atoms with Gasteiger partial charge in [0.2, 0.25) is 0 Å². The first kappa shape index (κ1) is 13.6. The lowest BCUT2D eigenvalue weighted by Crippen LogP contribution is -2.30. The maximum atomic E-state index is 12.2. The van der Waals surface area contributed by atoms with Crippen LogP contribution in [0.1, 0.15) is 32.6 Å². The van der Waals surface area contributed by atoms with Crippen molar-refractivity contribution in [3.8, 4) is 0 Å². The minimum Gasteiger partial charge on any atom is -0.382 e. The molecule has 7 heteroatoms. The number of sulfone groups is 1. The van der Waals surface area contributed by atoms with E-state index in [2.05, 4.69) is 9.27 Å². The summed E-state index contributed by atoms with van der Waals surface area (Å²) in [5.41, 5.74) is 5.76. The monoisotopic (exact) mass is 289 g/mol. The molecule has 0 radical (unpaired) electrons. The molecule has 102 valence electrons. The summed E-state index contributed by atoms with van der Waals surface area (Å²) in [6.07, 6.45) is 4.01. The van der Waals surface area contributed by atoms with Crippen molar-refractivity contribution in [3.05, 3.63) is 0 Å². The van der Waals surface area contributed by atoms with Crippen molar-refractivity contribution in [2.45, 2.75) is 37.5 Å². The van der Waals surface area contributed by atoms with Crippen LogP contribution in [0.5, 0.6) is 0 Å². The summed E-state index contributed by atoms with van der Waals surface area (Å²) >= 11 is 1.21. The van der Waals surface area contributed by atoms with Gasteiger partial charge in [-0.05, 0) is 37.2 Å². The van der Waals surface area contributed by atoms with Gasteiger partial charge in [0.05, 0.1) is 5.75 Å². The molecule has 0 saturated carbocycles. The number of aromatic nitrogens is 1. The van der Waals surface area contributed by atoms with Crippen LogP contribution in [-0.2, 0) is 9.84 Å². The third kappa shape index (κ3) is 2.61. The fourth-order valence-electron chi connectivity index (χ4n) is 2.25. The van der Waals surface area contributed by atoms with Gasteiger partial charge in [-0.3, -0.25) is 0 Å². The Bertz CT molecular complexity index is 504. The molecule has 2 heterocycles. The Balaban J connectivity index is 2.37. The molecule has 0 aromatic carbocycles.